The second kappa shape index (κ2) is 9.80. The number of methoxy groups -OCH3 is 1. The van der Waals surface area contributed by atoms with Gasteiger partial charge in [-0.15, -0.1) is 11.8 Å². The molecule has 0 bridgehead atoms. The number of esters is 1. The van der Waals surface area contributed by atoms with Crippen molar-refractivity contribution in [2.45, 2.75) is 11.8 Å². The number of carbonyl (C=O) groups excluding carboxylic acids is 1. The van der Waals surface area contributed by atoms with E-state index in [-0.39, 0.29) is 11.9 Å². The van der Waals surface area contributed by atoms with Crippen molar-refractivity contribution in [3.63, 3.8) is 0 Å². The van der Waals surface area contributed by atoms with Crippen LogP contribution in [-0.2, 0) is 14.3 Å². The van der Waals surface area contributed by atoms with Crippen LogP contribution in [0.4, 0.5) is 0 Å². The quantitative estimate of drug-likeness (QED) is 0.535. The van der Waals surface area contributed by atoms with Gasteiger partial charge in [0, 0.05) is 30.3 Å². The SMILES string of the molecule is CCOC(=O)C(CSc1ccc(OC)cc1)CN1CCOCC1. The third kappa shape index (κ3) is 6.05. The Hall–Kier alpha value is -1.24. The second-order valence-corrected chi connectivity index (χ2v) is 6.44. The van der Waals surface area contributed by atoms with Gasteiger partial charge in [0.2, 0.25) is 0 Å². The zero-order valence-corrected chi connectivity index (χ0v) is 14.6. The summed E-state index contributed by atoms with van der Waals surface area (Å²) in [6.07, 6.45) is 0. The van der Waals surface area contributed by atoms with Crippen LogP contribution in [0.5, 0.6) is 5.75 Å². The first-order valence-electron chi connectivity index (χ1n) is 7.96. The van der Waals surface area contributed by atoms with Gasteiger partial charge in [-0.3, -0.25) is 9.69 Å². The Morgan fingerprint density at radius 1 is 1.30 bits per heavy atom. The maximum Gasteiger partial charge on any atom is 0.311 e. The van der Waals surface area contributed by atoms with Crippen LogP contribution >= 0.6 is 11.8 Å². The van der Waals surface area contributed by atoms with Gasteiger partial charge in [-0.05, 0) is 31.2 Å². The monoisotopic (exact) mass is 339 g/mol. The third-order valence-electron chi connectivity index (χ3n) is 3.71. The first-order valence-corrected chi connectivity index (χ1v) is 8.95. The summed E-state index contributed by atoms with van der Waals surface area (Å²) in [6.45, 7) is 6.23. The Kier molecular flexibility index (Phi) is 7.71. The highest BCUT2D eigenvalue weighted by Gasteiger charge is 2.24. The number of carbonyl (C=O) groups is 1. The molecule has 0 N–H and O–H groups in total. The summed E-state index contributed by atoms with van der Waals surface area (Å²) in [7, 11) is 1.65. The zero-order chi connectivity index (χ0) is 16.5. The van der Waals surface area contributed by atoms with Gasteiger partial charge in [0.25, 0.3) is 0 Å². The number of hydrogen-bond donors (Lipinski definition) is 0. The van der Waals surface area contributed by atoms with E-state index in [1.165, 1.54) is 0 Å². The molecule has 6 heteroatoms. The van der Waals surface area contributed by atoms with Crippen molar-refractivity contribution >= 4 is 17.7 Å². The van der Waals surface area contributed by atoms with E-state index >= 15 is 0 Å². The van der Waals surface area contributed by atoms with Crippen molar-refractivity contribution in [1.29, 1.82) is 0 Å². The van der Waals surface area contributed by atoms with Gasteiger partial charge in [-0.2, -0.15) is 0 Å². The standard InChI is InChI=1S/C17H25NO4S/c1-3-22-17(19)14(12-18-8-10-21-11-9-18)13-23-16-6-4-15(20-2)5-7-16/h4-7,14H,3,8-13H2,1-2H3. The average Bonchev–Trinajstić information content (AvgIpc) is 2.60. The molecule has 1 unspecified atom stereocenters. The largest absolute Gasteiger partial charge is 0.497 e. The van der Waals surface area contributed by atoms with Gasteiger partial charge in [-0.25, -0.2) is 0 Å². The molecule has 0 saturated carbocycles. The molecule has 1 aromatic rings. The highest BCUT2D eigenvalue weighted by molar-refractivity contribution is 7.99. The summed E-state index contributed by atoms with van der Waals surface area (Å²) >= 11 is 1.68. The smallest absolute Gasteiger partial charge is 0.311 e. The van der Waals surface area contributed by atoms with E-state index in [0.717, 1.165) is 43.5 Å². The highest BCUT2D eigenvalue weighted by atomic mass is 32.2. The molecule has 5 nitrogen and oxygen atoms in total. The first-order chi connectivity index (χ1) is 11.2. The zero-order valence-electron chi connectivity index (χ0n) is 13.8. The predicted molar refractivity (Wildman–Crippen MR) is 91.1 cm³/mol. The van der Waals surface area contributed by atoms with Crippen molar-refractivity contribution in [3.8, 4) is 5.75 Å². The van der Waals surface area contributed by atoms with Crippen LogP contribution in [0, 0.1) is 5.92 Å². The van der Waals surface area contributed by atoms with Crippen LogP contribution in [0.1, 0.15) is 6.92 Å². The molecule has 0 amide bonds. The van der Waals surface area contributed by atoms with Crippen LogP contribution in [0.15, 0.2) is 29.2 Å². The van der Waals surface area contributed by atoms with Crippen molar-refractivity contribution in [1.82, 2.24) is 4.90 Å². The Morgan fingerprint density at radius 2 is 2.00 bits per heavy atom. The number of rotatable bonds is 8. The Morgan fingerprint density at radius 3 is 2.61 bits per heavy atom. The maximum atomic E-state index is 12.2. The van der Waals surface area contributed by atoms with Crippen molar-refractivity contribution in [3.05, 3.63) is 24.3 Å². The number of nitrogens with zero attached hydrogens (tertiary/aromatic N) is 1. The van der Waals surface area contributed by atoms with E-state index in [0.29, 0.717) is 12.4 Å². The molecule has 0 aromatic heterocycles. The van der Waals surface area contributed by atoms with Crippen LogP contribution in [0.3, 0.4) is 0 Å². The summed E-state index contributed by atoms with van der Waals surface area (Å²) in [5.74, 6) is 1.31. The lowest BCUT2D eigenvalue weighted by molar-refractivity contribution is -0.148. The topological polar surface area (TPSA) is 48.0 Å². The number of morpholine rings is 1. The molecule has 1 fully saturated rings. The highest BCUT2D eigenvalue weighted by Crippen LogP contribution is 2.24. The second-order valence-electron chi connectivity index (χ2n) is 5.35. The van der Waals surface area contributed by atoms with Crippen LogP contribution < -0.4 is 4.74 Å². The Labute approximate surface area is 142 Å². The van der Waals surface area contributed by atoms with E-state index < -0.39 is 0 Å². The van der Waals surface area contributed by atoms with E-state index in [2.05, 4.69) is 4.90 Å². The molecular formula is C17H25NO4S. The summed E-state index contributed by atoms with van der Waals surface area (Å²) in [4.78, 5) is 15.6. The summed E-state index contributed by atoms with van der Waals surface area (Å²) in [5, 5.41) is 0. The van der Waals surface area contributed by atoms with Gasteiger partial charge in [0.05, 0.1) is 32.8 Å². The summed E-state index contributed by atoms with van der Waals surface area (Å²) in [5.41, 5.74) is 0. The molecule has 1 heterocycles. The summed E-state index contributed by atoms with van der Waals surface area (Å²) in [6, 6.07) is 7.90. The minimum Gasteiger partial charge on any atom is -0.497 e. The molecule has 2 rings (SSSR count). The minimum atomic E-state index is -0.125. The molecule has 1 aromatic carbocycles. The molecular weight excluding hydrogens is 314 g/mol. The fraction of sp³-hybridized carbons (Fsp3) is 0.588. The molecule has 1 saturated heterocycles. The molecule has 0 radical (unpaired) electrons. The van der Waals surface area contributed by atoms with Crippen LogP contribution in [-0.4, -0.2) is 63.2 Å². The number of ether oxygens (including phenoxy) is 3. The summed E-state index contributed by atoms with van der Waals surface area (Å²) < 4.78 is 15.8. The van der Waals surface area contributed by atoms with Gasteiger partial charge in [0.15, 0.2) is 0 Å². The van der Waals surface area contributed by atoms with Crippen molar-refractivity contribution < 1.29 is 19.0 Å². The molecule has 1 aliphatic heterocycles. The molecule has 0 spiro atoms. The molecule has 128 valence electrons. The Balaban J connectivity index is 1.91. The van der Waals surface area contributed by atoms with Crippen LogP contribution in [0.25, 0.3) is 0 Å². The fourth-order valence-corrected chi connectivity index (χ4v) is 3.38. The third-order valence-corrected chi connectivity index (χ3v) is 4.89. The van der Waals surface area contributed by atoms with E-state index in [1.54, 1.807) is 18.9 Å². The molecule has 23 heavy (non-hydrogen) atoms. The average molecular weight is 339 g/mol. The predicted octanol–water partition coefficient (Wildman–Crippen LogP) is 2.30. The number of hydrogen-bond acceptors (Lipinski definition) is 6. The van der Waals surface area contributed by atoms with E-state index in [1.807, 2.05) is 31.2 Å². The van der Waals surface area contributed by atoms with E-state index in [9.17, 15) is 4.79 Å². The fourth-order valence-electron chi connectivity index (χ4n) is 2.42. The lowest BCUT2D eigenvalue weighted by Crippen LogP contribution is -2.42. The maximum absolute atomic E-state index is 12.2. The Bertz CT molecular complexity index is 474. The molecule has 0 aliphatic carbocycles. The van der Waals surface area contributed by atoms with Crippen molar-refractivity contribution in [2.24, 2.45) is 5.92 Å². The normalized spacial score (nSPS) is 16.8. The lowest BCUT2D eigenvalue weighted by Gasteiger charge is -2.29. The van der Waals surface area contributed by atoms with Crippen molar-refractivity contribution in [2.75, 3.05) is 52.3 Å². The van der Waals surface area contributed by atoms with Gasteiger partial charge < -0.3 is 14.2 Å². The molecule has 1 atom stereocenters. The number of benzene rings is 1. The molecule has 1 aliphatic rings. The first kappa shape index (κ1) is 18.1. The van der Waals surface area contributed by atoms with Gasteiger partial charge in [-0.1, -0.05) is 0 Å². The minimum absolute atomic E-state index is 0.111. The van der Waals surface area contributed by atoms with E-state index in [4.69, 9.17) is 14.2 Å². The van der Waals surface area contributed by atoms with Crippen LogP contribution in [0.2, 0.25) is 0 Å². The lowest BCUT2D eigenvalue weighted by atomic mass is 10.1. The number of thioether (sulfide) groups is 1. The van der Waals surface area contributed by atoms with Gasteiger partial charge in [0.1, 0.15) is 5.75 Å². The van der Waals surface area contributed by atoms with Gasteiger partial charge >= 0.3 is 5.97 Å².